The van der Waals surface area contributed by atoms with Crippen LogP contribution < -0.4 is 5.32 Å². The first-order valence-corrected chi connectivity index (χ1v) is 8.28. The molecule has 2 nitrogen and oxygen atoms in total. The lowest BCUT2D eigenvalue weighted by atomic mass is 9.89. The van der Waals surface area contributed by atoms with E-state index in [1.54, 1.807) is 0 Å². The van der Waals surface area contributed by atoms with Crippen molar-refractivity contribution >= 4 is 0 Å². The van der Waals surface area contributed by atoms with E-state index in [-0.39, 0.29) is 0 Å². The van der Waals surface area contributed by atoms with Crippen LogP contribution in [0.15, 0.2) is 30.3 Å². The van der Waals surface area contributed by atoms with E-state index in [1.807, 2.05) is 0 Å². The molecule has 0 saturated carbocycles. The minimum Gasteiger partial charge on any atom is -0.307 e. The first-order valence-electron chi connectivity index (χ1n) is 8.28. The predicted molar refractivity (Wildman–Crippen MR) is 86.9 cm³/mol. The summed E-state index contributed by atoms with van der Waals surface area (Å²) in [5.41, 5.74) is 1.42. The molecule has 1 aromatic carbocycles. The van der Waals surface area contributed by atoms with Crippen LogP contribution in [0.5, 0.6) is 0 Å². The number of nitrogens with zero attached hydrogens (tertiary/aromatic N) is 1. The van der Waals surface area contributed by atoms with Crippen molar-refractivity contribution in [2.75, 3.05) is 19.6 Å². The molecule has 1 aliphatic rings. The Morgan fingerprint density at radius 3 is 2.35 bits per heavy atom. The summed E-state index contributed by atoms with van der Waals surface area (Å²) in [4.78, 5) is 2.57. The van der Waals surface area contributed by atoms with Gasteiger partial charge in [0.15, 0.2) is 0 Å². The maximum Gasteiger partial charge on any atom is 0.0320 e. The van der Waals surface area contributed by atoms with Gasteiger partial charge in [-0.25, -0.2) is 0 Å². The Morgan fingerprint density at radius 1 is 1.15 bits per heavy atom. The van der Waals surface area contributed by atoms with Gasteiger partial charge < -0.3 is 10.2 Å². The van der Waals surface area contributed by atoms with E-state index in [1.165, 1.54) is 38.0 Å². The van der Waals surface area contributed by atoms with Gasteiger partial charge in [0.05, 0.1) is 0 Å². The lowest BCUT2D eigenvalue weighted by Crippen LogP contribution is -2.42. The van der Waals surface area contributed by atoms with E-state index >= 15 is 0 Å². The lowest BCUT2D eigenvalue weighted by molar-refractivity contribution is 0.164. The minimum absolute atomic E-state index is 0.496. The molecule has 1 saturated heterocycles. The van der Waals surface area contributed by atoms with Gasteiger partial charge in [-0.2, -0.15) is 0 Å². The van der Waals surface area contributed by atoms with E-state index in [4.69, 9.17) is 0 Å². The molecule has 20 heavy (non-hydrogen) atoms. The summed E-state index contributed by atoms with van der Waals surface area (Å²) >= 11 is 0. The highest BCUT2D eigenvalue weighted by atomic mass is 15.1. The zero-order valence-corrected chi connectivity index (χ0v) is 13.3. The highest BCUT2D eigenvalue weighted by molar-refractivity contribution is 5.18. The first-order chi connectivity index (χ1) is 9.74. The molecule has 2 rings (SSSR count). The standard InChI is InChI=1S/C18H30N2/c1-4-18(17-9-7-6-8-10-17)19-15(3)16-11-13-20(5-2)14-12-16/h6-10,15-16,18-19H,4-5,11-14H2,1-3H3. The van der Waals surface area contributed by atoms with Crippen LogP contribution in [0.1, 0.15) is 51.6 Å². The van der Waals surface area contributed by atoms with Crippen molar-refractivity contribution in [3.8, 4) is 0 Å². The van der Waals surface area contributed by atoms with Crippen molar-refractivity contribution in [3.63, 3.8) is 0 Å². The molecular weight excluding hydrogens is 244 g/mol. The third-order valence-electron chi connectivity index (χ3n) is 4.86. The Balaban J connectivity index is 1.88. The Hall–Kier alpha value is -0.860. The van der Waals surface area contributed by atoms with Crippen molar-refractivity contribution in [1.29, 1.82) is 0 Å². The molecule has 1 aromatic rings. The molecule has 0 amide bonds. The van der Waals surface area contributed by atoms with Crippen LogP contribution in [0, 0.1) is 5.92 Å². The topological polar surface area (TPSA) is 15.3 Å². The van der Waals surface area contributed by atoms with E-state index in [9.17, 15) is 0 Å². The fourth-order valence-electron chi connectivity index (χ4n) is 3.36. The van der Waals surface area contributed by atoms with E-state index in [0.717, 1.165) is 12.3 Å². The number of rotatable bonds is 6. The summed E-state index contributed by atoms with van der Waals surface area (Å²) in [6.07, 6.45) is 3.84. The van der Waals surface area contributed by atoms with Crippen LogP contribution in [0.3, 0.4) is 0 Å². The van der Waals surface area contributed by atoms with Crippen LogP contribution in [-0.4, -0.2) is 30.6 Å². The molecule has 112 valence electrons. The maximum atomic E-state index is 3.87. The molecule has 0 bridgehead atoms. The van der Waals surface area contributed by atoms with Crippen LogP contribution in [-0.2, 0) is 0 Å². The number of piperidine rings is 1. The molecule has 2 atom stereocenters. The quantitative estimate of drug-likeness (QED) is 0.847. The van der Waals surface area contributed by atoms with Gasteiger partial charge in [-0.15, -0.1) is 0 Å². The summed E-state index contributed by atoms with van der Waals surface area (Å²) in [7, 11) is 0. The number of benzene rings is 1. The third kappa shape index (κ3) is 4.07. The van der Waals surface area contributed by atoms with Crippen molar-refractivity contribution < 1.29 is 0 Å². The third-order valence-corrected chi connectivity index (χ3v) is 4.86. The Morgan fingerprint density at radius 2 is 1.80 bits per heavy atom. The molecule has 2 unspecified atom stereocenters. The second-order valence-electron chi connectivity index (χ2n) is 6.10. The van der Waals surface area contributed by atoms with Crippen molar-refractivity contribution in [2.45, 2.75) is 52.1 Å². The van der Waals surface area contributed by atoms with Gasteiger partial charge in [0, 0.05) is 12.1 Å². The Kier molecular flexibility index (Phi) is 6.06. The van der Waals surface area contributed by atoms with Gasteiger partial charge >= 0.3 is 0 Å². The summed E-state index contributed by atoms with van der Waals surface area (Å²) in [6.45, 7) is 10.7. The molecule has 1 heterocycles. The summed E-state index contributed by atoms with van der Waals surface area (Å²) in [5, 5.41) is 3.87. The maximum absolute atomic E-state index is 3.87. The van der Waals surface area contributed by atoms with Gasteiger partial charge in [-0.05, 0) is 57.3 Å². The van der Waals surface area contributed by atoms with Gasteiger partial charge in [0.1, 0.15) is 0 Å². The second-order valence-corrected chi connectivity index (χ2v) is 6.10. The van der Waals surface area contributed by atoms with E-state index in [2.05, 4.69) is 61.3 Å². The molecule has 0 radical (unpaired) electrons. The predicted octanol–water partition coefficient (Wildman–Crippen LogP) is 3.85. The van der Waals surface area contributed by atoms with Gasteiger partial charge in [0.2, 0.25) is 0 Å². The summed E-state index contributed by atoms with van der Waals surface area (Å²) < 4.78 is 0. The molecule has 1 aliphatic heterocycles. The largest absolute Gasteiger partial charge is 0.307 e. The minimum atomic E-state index is 0.496. The Labute approximate surface area is 124 Å². The number of likely N-dealkylation sites (tertiary alicyclic amines) is 1. The average Bonchev–Trinajstić information content (AvgIpc) is 2.53. The molecule has 1 N–H and O–H groups in total. The lowest BCUT2D eigenvalue weighted by Gasteiger charge is -2.36. The molecule has 1 fully saturated rings. The van der Waals surface area contributed by atoms with Gasteiger partial charge in [-0.1, -0.05) is 44.2 Å². The van der Waals surface area contributed by atoms with Gasteiger partial charge in [-0.3, -0.25) is 0 Å². The van der Waals surface area contributed by atoms with Gasteiger partial charge in [0.25, 0.3) is 0 Å². The molecular formula is C18H30N2. The summed E-state index contributed by atoms with van der Waals surface area (Å²) in [6, 6.07) is 12.0. The smallest absolute Gasteiger partial charge is 0.0320 e. The molecule has 0 aromatic heterocycles. The first kappa shape index (κ1) is 15.5. The van der Waals surface area contributed by atoms with Crippen LogP contribution in [0.4, 0.5) is 0 Å². The van der Waals surface area contributed by atoms with Crippen LogP contribution in [0.25, 0.3) is 0 Å². The zero-order chi connectivity index (χ0) is 14.4. The normalized spacial score (nSPS) is 20.8. The highest BCUT2D eigenvalue weighted by Crippen LogP contribution is 2.24. The zero-order valence-electron chi connectivity index (χ0n) is 13.3. The fourth-order valence-corrected chi connectivity index (χ4v) is 3.36. The van der Waals surface area contributed by atoms with Crippen molar-refractivity contribution in [3.05, 3.63) is 35.9 Å². The number of hydrogen-bond donors (Lipinski definition) is 1. The second kappa shape index (κ2) is 7.80. The molecule has 2 heteroatoms. The SMILES string of the molecule is CCC(NC(C)C1CCN(CC)CC1)c1ccccc1. The molecule has 0 aliphatic carbocycles. The Bertz CT molecular complexity index is 368. The average molecular weight is 274 g/mol. The number of nitrogens with one attached hydrogen (secondary N) is 1. The monoisotopic (exact) mass is 274 g/mol. The summed E-state index contributed by atoms with van der Waals surface area (Å²) in [5.74, 6) is 0.829. The van der Waals surface area contributed by atoms with E-state index < -0.39 is 0 Å². The number of hydrogen-bond acceptors (Lipinski definition) is 2. The van der Waals surface area contributed by atoms with Crippen LogP contribution in [0.2, 0.25) is 0 Å². The fraction of sp³-hybridized carbons (Fsp3) is 0.667. The van der Waals surface area contributed by atoms with E-state index in [0.29, 0.717) is 12.1 Å². The van der Waals surface area contributed by atoms with Crippen LogP contribution >= 0.6 is 0 Å². The van der Waals surface area contributed by atoms with Crippen molar-refractivity contribution in [2.24, 2.45) is 5.92 Å². The van der Waals surface area contributed by atoms with Crippen molar-refractivity contribution in [1.82, 2.24) is 10.2 Å². The molecule has 0 spiro atoms. The highest BCUT2D eigenvalue weighted by Gasteiger charge is 2.24.